The third-order valence-electron chi connectivity index (χ3n) is 2.74. The zero-order chi connectivity index (χ0) is 9.26. The van der Waals surface area contributed by atoms with E-state index in [0.717, 1.165) is 19.5 Å². The van der Waals surface area contributed by atoms with Gasteiger partial charge in [0.1, 0.15) is 0 Å². The van der Waals surface area contributed by atoms with Crippen LogP contribution in [0.5, 0.6) is 0 Å². The molecule has 0 aliphatic carbocycles. The lowest BCUT2D eigenvalue weighted by molar-refractivity contribution is -0.149. The van der Waals surface area contributed by atoms with Crippen LogP contribution in [-0.2, 0) is 9.53 Å². The molecule has 0 aromatic heterocycles. The molecule has 1 fully saturated rings. The highest BCUT2D eigenvalue weighted by Gasteiger charge is 2.30. The third kappa shape index (κ3) is 1.75. The number of carbonyl (C=O) groups excluding carboxylic acids is 1. The molecule has 13 heavy (non-hydrogen) atoms. The highest BCUT2D eigenvalue weighted by atomic mass is 16.5. The molecule has 0 saturated carbocycles. The first kappa shape index (κ1) is 8.75. The van der Waals surface area contributed by atoms with Crippen molar-refractivity contribution < 1.29 is 9.53 Å². The third-order valence-corrected chi connectivity index (χ3v) is 2.74. The molecule has 0 atom stereocenters. The van der Waals surface area contributed by atoms with Gasteiger partial charge in [0.2, 0.25) is 5.91 Å². The number of hydrogen-bond donors (Lipinski definition) is 0. The summed E-state index contributed by atoms with van der Waals surface area (Å²) in [6.45, 7) is 5.04. The largest absolute Gasteiger partial charge is 0.380 e. The van der Waals surface area contributed by atoms with E-state index in [4.69, 9.17) is 4.74 Å². The van der Waals surface area contributed by atoms with E-state index < -0.39 is 0 Å². The molecule has 1 saturated heterocycles. The summed E-state index contributed by atoms with van der Waals surface area (Å²) in [6.07, 6.45) is 3.17. The van der Waals surface area contributed by atoms with Crippen LogP contribution in [0.3, 0.4) is 0 Å². The van der Waals surface area contributed by atoms with Crippen molar-refractivity contribution >= 4 is 5.91 Å². The smallest absolute Gasteiger partial charge is 0.230 e. The Morgan fingerprint density at radius 2 is 2.38 bits per heavy atom. The van der Waals surface area contributed by atoms with Crippen molar-refractivity contribution in [2.45, 2.75) is 13.3 Å². The van der Waals surface area contributed by atoms with E-state index in [1.54, 1.807) is 0 Å². The fourth-order valence-corrected chi connectivity index (χ4v) is 1.61. The number of hydrogen-bond acceptors (Lipinski definition) is 2. The van der Waals surface area contributed by atoms with Gasteiger partial charge in [0, 0.05) is 13.1 Å². The molecule has 2 rings (SSSR count). The summed E-state index contributed by atoms with van der Waals surface area (Å²) in [4.78, 5) is 13.6. The van der Waals surface area contributed by atoms with Crippen LogP contribution in [0, 0.1) is 5.92 Å². The average molecular weight is 181 g/mol. The number of rotatable bonds is 1. The van der Waals surface area contributed by atoms with E-state index in [2.05, 4.69) is 13.0 Å². The van der Waals surface area contributed by atoms with Crippen molar-refractivity contribution in [3.8, 4) is 0 Å². The van der Waals surface area contributed by atoms with Crippen LogP contribution in [0.2, 0.25) is 0 Å². The molecule has 72 valence electrons. The molecule has 2 heterocycles. The quantitative estimate of drug-likeness (QED) is 0.560. The fourth-order valence-electron chi connectivity index (χ4n) is 1.61. The lowest BCUT2D eigenvalue weighted by Crippen LogP contribution is -2.46. The average Bonchev–Trinajstić information content (AvgIpc) is 2.02. The Hall–Kier alpha value is -0.830. The Labute approximate surface area is 78.4 Å². The standard InChI is InChI=1S/C10H15NO2/c1-8-2-4-11(5-3-8)10(12)9-6-13-7-9/h2,9H,3-7H2,1H3. The zero-order valence-corrected chi connectivity index (χ0v) is 7.95. The maximum Gasteiger partial charge on any atom is 0.230 e. The van der Waals surface area contributed by atoms with Crippen molar-refractivity contribution in [2.24, 2.45) is 5.92 Å². The summed E-state index contributed by atoms with van der Waals surface area (Å²) in [6, 6.07) is 0. The topological polar surface area (TPSA) is 29.5 Å². The van der Waals surface area contributed by atoms with Crippen molar-refractivity contribution in [3.05, 3.63) is 11.6 Å². The predicted molar refractivity (Wildman–Crippen MR) is 49.3 cm³/mol. The summed E-state index contributed by atoms with van der Waals surface area (Å²) in [5.41, 5.74) is 1.40. The minimum atomic E-state index is 0.145. The Morgan fingerprint density at radius 3 is 2.85 bits per heavy atom. The van der Waals surface area contributed by atoms with Gasteiger partial charge in [-0.25, -0.2) is 0 Å². The van der Waals surface area contributed by atoms with Crippen molar-refractivity contribution in [3.63, 3.8) is 0 Å². The van der Waals surface area contributed by atoms with Crippen LogP contribution < -0.4 is 0 Å². The first-order valence-electron chi connectivity index (χ1n) is 4.79. The molecular formula is C10H15NO2. The minimum Gasteiger partial charge on any atom is -0.380 e. The van der Waals surface area contributed by atoms with E-state index in [1.165, 1.54) is 5.57 Å². The van der Waals surface area contributed by atoms with Crippen LogP contribution >= 0.6 is 0 Å². The highest BCUT2D eigenvalue weighted by Crippen LogP contribution is 2.17. The molecule has 0 radical (unpaired) electrons. The zero-order valence-electron chi connectivity index (χ0n) is 7.95. The van der Waals surface area contributed by atoms with E-state index in [-0.39, 0.29) is 11.8 Å². The van der Waals surface area contributed by atoms with Crippen LogP contribution in [0.1, 0.15) is 13.3 Å². The molecule has 0 aromatic rings. The Balaban J connectivity index is 1.90. The molecule has 3 nitrogen and oxygen atoms in total. The molecule has 3 heteroatoms. The van der Waals surface area contributed by atoms with Crippen LogP contribution in [0.25, 0.3) is 0 Å². The summed E-state index contributed by atoms with van der Waals surface area (Å²) in [5.74, 6) is 0.418. The second-order valence-corrected chi connectivity index (χ2v) is 3.82. The van der Waals surface area contributed by atoms with Crippen LogP contribution in [-0.4, -0.2) is 37.1 Å². The molecule has 2 aliphatic rings. The summed E-state index contributed by atoms with van der Waals surface area (Å²) < 4.78 is 5.01. The van der Waals surface area contributed by atoms with Gasteiger partial charge in [-0.1, -0.05) is 11.6 Å². The van der Waals surface area contributed by atoms with Crippen molar-refractivity contribution in [2.75, 3.05) is 26.3 Å². The minimum absolute atomic E-state index is 0.145. The monoisotopic (exact) mass is 181 g/mol. The van der Waals surface area contributed by atoms with Gasteiger partial charge < -0.3 is 9.64 Å². The second kappa shape index (κ2) is 3.50. The molecule has 0 N–H and O–H groups in total. The Bertz CT molecular complexity index is 243. The lowest BCUT2D eigenvalue weighted by Gasteiger charge is -2.33. The SMILES string of the molecule is CC1=CCN(C(=O)C2COC2)CC1. The van der Waals surface area contributed by atoms with Crippen molar-refractivity contribution in [1.82, 2.24) is 4.90 Å². The fraction of sp³-hybridized carbons (Fsp3) is 0.700. The molecule has 2 aliphatic heterocycles. The predicted octanol–water partition coefficient (Wildman–Crippen LogP) is 0.811. The summed E-state index contributed by atoms with van der Waals surface area (Å²) in [7, 11) is 0. The van der Waals surface area contributed by atoms with E-state index in [0.29, 0.717) is 13.2 Å². The normalized spacial score (nSPS) is 23.8. The summed E-state index contributed by atoms with van der Waals surface area (Å²) >= 11 is 0. The van der Waals surface area contributed by atoms with Gasteiger partial charge in [-0.15, -0.1) is 0 Å². The van der Waals surface area contributed by atoms with Gasteiger partial charge in [-0.05, 0) is 13.3 Å². The van der Waals surface area contributed by atoms with E-state index in [1.807, 2.05) is 4.90 Å². The van der Waals surface area contributed by atoms with Gasteiger partial charge in [0.25, 0.3) is 0 Å². The van der Waals surface area contributed by atoms with Gasteiger partial charge >= 0.3 is 0 Å². The number of ether oxygens (including phenoxy) is 1. The van der Waals surface area contributed by atoms with Gasteiger partial charge in [0.05, 0.1) is 19.1 Å². The van der Waals surface area contributed by atoms with E-state index >= 15 is 0 Å². The number of amides is 1. The van der Waals surface area contributed by atoms with Gasteiger partial charge in [-0.3, -0.25) is 4.79 Å². The highest BCUT2D eigenvalue weighted by molar-refractivity contribution is 5.80. The number of carbonyl (C=O) groups is 1. The first-order valence-corrected chi connectivity index (χ1v) is 4.79. The van der Waals surface area contributed by atoms with Gasteiger partial charge in [-0.2, -0.15) is 0 Å². The molecular weight excluding hydrogens is 166 g/mol. The summed E-state index contributed by atoms with van der Waals surface area (Å²) in [5, 5.41) is 0. The first-order chi connectivity index (χ1) is 6.27. The van der Waals surface area contributed by atoms with Crippen molar-refractivity contribution in [1.29, 1.82) is 0 Å². The maximum absolute atomic E-state index is 11.7. The molecule has 0 bridgehead atoms. The second-order valence-electron chi connectivity index (χ2n) is 3.82. The van der Waals surface area contributed by atoms with Gasteiger partial charge in [0.15, 0.2) is 0 Å². The Morgan fingerprint density at radius 1 is 1.62 bits per heavy atom. The maximum atomic E-state index is 11.7. The number of nitrogens with zero attached hydrogens (tertiary/aromatic N) is 1. The lowest BCUT2D eigenvalue weighted by atomic mass is 10.0. The molecule has 0 aromatic carbocycles. The molecule has 1 amide bonds. The molecule has 0 unspecified atom stereocenters. The Kier molecular flexibility index (Phi) is 2.36. The molecule has 0 spiro atoms. The van der Waals surface area contributed by atoms with Crippen LogP contribution in [0.15, 0.2) is 11.6 Å². The van der Waals surface area contributed by atoms with E-state index in [9.17, 15) is 4.79 Å². The van der Waals surface area contributed by atoms with Crippen LogP contribution in [0.4, 0.5) is 0 Å².